The van der Waals surface area contributed by atoms with Crippen LogP contribution in [-0.2, 0) is 22.6 Å². The van der Waals surface area contributed by atoms with Gasteiger partial charge in [-0.25, -0.2) is 4.98 Å². The first-order valence-corrected chi connectivity index (χ1v) is 16.9. The van der Waals surface area contributed by atoms with E-state index < -0.39 is 5.54 Å². The zero-order valence-electron chi connectivity index (χ0n) is 28.0. The Morgan fingerprint density at radius 2 is 1.59 bits per heavy atom. The van der Waals surface area contributed by atoms with E-state index in [0.717, 1.165) is 60.5 Å². The van der Waals surface area contributed by atoms with Gasteiger partial charge in [-0.2, -0.15) is 0 Å². The number of hydrogen-bond donors (Lipinski definition) is 3. The molecule has 2 atom stereocenters. The number of aromatic amines is 1. The number of nitrogens with zero attached hydrogens (tertiary/aromatic N) is 4. The van der Waals surface area contributed by atoms with Crippen LogP contribution in [0.1, 0.15) is 25.0 Å². The van der Waals surface area contributed by atoms with Crippen LogP contribution >= 0.6 is 0 Å². The Kier molecular flexibility index (Phi) is 9.43. The van der Waals surface area contributed by atoms with Crippen molar-refractivity contribution in [3.8, 4) is 0 Å². The molecule has 5 aromatic rings. The lowest BCUT2D eigenvalue weighted by Crippen LogP contribution is -2.70. The Hall–Kier alpha value is -5.03. The minimum Gasteiger partial charge on any atom is -0.378 e. The molecule has 2 aliphatic heterocycles. The molecular formula is C39H43N7O3. The van der Waals surface area contributed by atoms with Crippen molar-refractivity contribution >= 4 is 40.1 Å². The highest BCUT2D eigenvalue weighted by atomic mass is 16.5. The number of H-pyrrole nitrogens is 1. The molecule has 0 amide bonds. The number of aldehydes is 1. The van der Waals surface area contributed by atoms with E-state index >= 15 is 0 Å². The van der Waals surface area contributed by atoms with Crippen molar-refractivity contribution in [3.05, 3.63) is 125 Å². The molecule has 10 heteroatoms. The molecular weight excluding hydrogens is 614 g/mol. The van der Waals surface area contributed by atoms with Crippen molar-refractivity contribution in [2.45, 2.75) is 44.7 Å². The molecule has 2 aromatic heterocycles. The zero-order valence-corrected chi connectivity index (χ0v) is 28.0. The number of rotatable bonds is 10. The average Bonchev–Trinajstić information content (AvgIpc) is 3.11. The molecule has 3 aromatic carbocycles. The van der Waals surface area contributed by atoms with Gasteiger partial charge in [0.1, 0.15) is 17.9 Å². The Morgan fingerprint density at radius 1 is 0.918 bits per heavy atom. The summed E-state index contributed by atoms with van der Waals surface area (Å²) in [5.74, 6) is 1.10. The van der Waals surface area contributed by atoms with Gasteiger partial charge in [-0.3, -0.25) is 14.6 Å². The summed E-state index contributed by atoms with van der Waals surface area (Å²) in [5.41, 5.74) is 3.53. The zero-order chi connectivity index (χ0) is 33.8. The number of nitrogens with one attached hydrogen (secondary N) is 3. The van der Waals surface area contributed by atoms with Gasteiger partial charge in [0.15, 0.2) is 0 Å². The van der Waals surface area contributed by atoms with Gasteiger partial charge in [0.05, 0.1) is 30.8 Å². The van der Waals surface area contributed by atoms with E-state index in [9.17, 15) is 9.59 Å². The third-order valence-corrected chi connectivity index (χ3v) is 9.77. The fourth-order valence-corrected chi connectivity index (χ4v) is 7.17. The molecule has 0 aliphatic carbocycles. The van der Waals surface area contributed by atoms with Crippen LogP contribution in [0.5, 0.6) is 0 Å². The van der Waals surface area contributed by atoms with Gasteiger partial charge >= 0.3 is 0 Å². The van der Waals surface area contributed by atoms with Crippen LogP contribution in [-0.4, -0.2) is 76.6 Å². The molecule has 252 valence electrons. The topological polar surface area (TPSA) is 106 Å². The highest BCUT2D eigenvalue weighted by Crippen LogP contribution is 2.34. The summed E-state index contributed by atoms with van der Waals surface area (Å²) < 4.78 is 5.51. The second kappa shape index (κ2) is 14.2. The van der Waals surface area contributed by atoms with Crippen molar-refractivity contribution in [1.82, 2.24) is 19.8 Å². The van der Waals surface area contributed by atoms with Crippen LogP contribution in [0.15, 0.2) is 108 Å². The average molecular weight is 658 g/mol. The fourth-order valence-electron chi connectivity index (χ4n) is 7.17. The molecule has 0 bridgehead atoms. The van der Waals surface area contributed by atoms with Gasteiger partial charge in [-0.1, -0.05) is 60.7 Å². The Morgan fingerprint density at radius 3 is 2.27 bits per heavy atom. The number of aromatic nitrogens is 2. The van der Waals surface area contributed by atoms with E-state index in [1.807, 2.05) is 60.7 Å². The minimum atomic E-state index is -0.528. The molecule has 0 spiro atoms. The van der Waals surface area contributed by atoms with E-state index in [-0.39, 0.29) is 17.8 Å². The van der Waals surface area contributed by atoms with E-state index in [1.165, 1.54) is 0 Å². The van der Waals surface area contributed by atoms with E-state index in [0.29, 0.717) is 36.7 Å². The lowest BCUT2D eigenvalue weighted by atomic mass is 9.87. The van der Waals surface area contributed by atoms with Crippen molar-refractivity contribution < 1.29 is 9.53 Å². The third kappa shape index (κ3) is 7.07. The Labute approximate surface area is 286 Å². The van der Waals surface area contributed by atoms with Crippen molar-refractivity contribution in [2.75, 3.05) is 48.4 Å². The molecule has 10 nitrogen and oxygen atoms in total. The second-order valence-electron chi connectivity index (χ2n) is 13.3. The number of hydrogen-bond acceptors (Lipinski definition) is 9. The first kappa shape index (κ1) is 32.5. The summed E-state index contributed by atoms with van der Waals surface area (Å²) in [6.07, 6.45) is 2.55. The van der Waals surface area contributed by atoms with Crippen molar-refractivity contribution in [2.24, 2.45) is 0 Å². The number of morpholine rings is 1. The van der Waals surface area contributed by atoms with E-state index in [2.05, 4.69) is 80.6 Å². The number of ether oxygens (including phenoxy) is 1. The first-order valence-electron chi connectivity index (χ1n) is 16.9. The SMILES string of the molecule is CC1(C)C(C=O)N(Cc2ccccc2)CC(Nc2cc3cc[nH]c(=O)c3c(Nc3ccc(N4CCOCC4)cc3)n2)N1Cc1ccccc1. The van der Waals surface area contributed by atoms with Crippen LogP contribution < -0.4 is 21.1 Å². The van der Waals surface area contributed by atoms with E-state index in [4.69, 9.17) is 9.72 Å². The summed E-state index contributed by atoms with van der Waals surface area (Å²) >= 11 is 0. The van der Waals surface area contributed by atoms with Crippen LogP contribution in [0.4, 0.5) is 23.0 Å². The molecule has 2 unspecified atom stereocenters. The number of pyridine rings is 2. The lowest BCUT2D eigenvalue weighted by molar-refractivity contribution is -0.127. The first-order chi connectivity index (χ1) is 23.9. The summed E-state index contributed by atoms with van der Waals surface area (Å²) in [6.45, 7) is 9.30. The molecule has 3 N–H and O–H groups in total. The molecule has 7 rings (SSSR count). The number of anilines is 4. The quantitative estimate of drug-likeness (QED) is 0.166. The number of benzene rings is 3. The summed E-state index contributed by atoms with van der Waals surface area (Å²) in [4.78, 5) is 40.7. The summed E-state index contributed by atoms with van der Waals surface area (Å²) in [5, 5.41) is 8.44. The number of carbonyl (C=O) groups is 1. The van der Waals surface area contributed by atoms with Crippen LogP contribution in [0.3, 0.4) is 0 Å². The Balaban J connectivity index is 1.23. The molecule has 4 heterocycles. The summed E-state index contributed by atoms with van der Waals surface area (Å²) in [6, 6.07) is 32.3. The van der Waals surface area contributed by atoms with Crippen molar-refractivity contribution in [3.63, 3.8) is 0 Å². The third-order valence-electron chi connectivity index (χ3n) is 9.77. The van der Waals surface area contributed by atoms with E-state index in [1.54, 1.807) is 6.20 Å². The highest BCUT2D eigenvalue weighted by Gasteiger charge is 2.47. The van der Waals surface area contributed by atoms with Gasteiger partial charge in [-0.05, 0) is 66.8 Å². The predicted octanol–water partition coefficient (Wildman–Crippen LogP) is 5.61. The minimum absolute atomic E-state index is 0.206. The molecule has 49 heavy (non-hydrogen) atoms. The highest BCUT2D eigenvalue weighted by molar-refractivity contribution is 5.94. The van der Waals surface area contributed by atoms with Gasteiger partial charge in [0.2, 0.25) is 0 Å². The van der Waals surface area contributed by atoms with Gasteiger partial charge < -0.3 is 30.0 Å². The second-order valence-corrected chi connectivity index (χ2v) is 13.3. The summed E-state index contributed by atoms with van der Waals surface area (Å²) in [7, 11) is 0. The van der Waals surface area contributed by atoms with Gasteiger partial charge in [0, 0.05) is 55.8 Å². The smallest absolute Gasteiger partial charge is 0.259 e. The largest absolute Gasteiger partial charge is 0.378 e. The van der Waals surface area contributed by atoms with Crippen LogP contribution in [0, 0.1) is 0 Å². The van der Waals surface area contributed by atoms with Crippen LogP contribution in [0.2, 0.25) is 0 Å². The molecule has 0 saturated carbocycles. The molecule has 2 fully saturated rings. The van der Waals surface area contributed by atoms with Crippen molar-refractivity contribution in [1.29, 1.82) is 0 Å². The normalized spacial score (nSPS) is 19.8. The monoisotopic (exact) mass is 657 g/mol. The molecule has 2 aliphatic rings. The van der Waals surface area contributed by atoms with Gasteiger partial charge in [0.25, 0.3) is 5.56 Å². The maximum atomic E-state index is 13.2. The standard InChI is InChI=1S/C39H43N7O3/c1-39(2)33(27-47)45(24-28-9-5-3-6-10-28)26-35(46(39)25-29-11-7-4-8-12-29)42-34-23-30-17-18-40-38(48)36(30)37(43-34)41-31-13-15-32(16-14-31)44-19-21-49-22-20-44/h3-18,23,27,33,35H,19-22,24-26H2,1-2H3,(H,40,48)(H2,41,42,43). The van der Waals surface area contributed by atoms with Gasteiger partial charge in [-0.15, -0.1) is 0 Å². The number of carbonyl (C=O) groups excluding carboxylic acids is 1. The maximum Gasteiger partial charge on any atom is 0.259 e. The molecule has 2 saturated heterocycles. The lowest BCUT2D eigenvalue weighted by Gasteiger charge is -2.55. The number of piperazine rings is 1. The molecule has 0 radical (unpaired) electrons. The Bertz CT molecular complexity index is 1930. The van der Waals surface area contributed by atoms with Crippen LogP contribution in [0.25, 0.3) is 10.8 Å². The predicted molar refractivity (Wildman–Crippen MR) is 195 cm³/mol. The maximum absolute atomic E-state index is 13.2. The number of fused-ring (bicyclic) bond motifs is 1. The fraction of sp³-hybridized carbons (Fsp3) is 0.308.